The third kappa shape index (κ3) is 8.91. The molecular weight excluding hydrogens is 421 g/mol. The van der Waals surface area contributed by atoms with E-state index in [2.05, 4.69) is 20.8 Å². The standard InChI is InChI=1S/C8H16NO3.3C4H9.Sn/c1-7(2)11-5-8(9,4-10-3)6-12-7;3*1-3-4-2;/h3-6,9H2,1-2H3;3*1,3-4H2,2H3;. The number of hydrogen-bond acceptors (Lipinski definition) is 4. The van der Waals surface area contributed by atoms with E-state index in [9.17, 15) is 0 Å². The number of nitrogens with two attached hydrogens (primary N) is 1. The van der Waals surface area contributed by atoms with E-state index in [4.69, 9.17) is 19.9 Å². The van der Waals surface area contributed by atoms with Gasteiger partial charge in [-0.05, 0) is 0 Å². The number of hydrogen-bond donors (Lipinski definition) is 1. The van der Waals surface area contributed by atoms with Gasteiger partial charge in [-0.1, -0.05) is 0 Å². The molecule has 1 heterocycles. The van der Waals surface area contributed by atoms with Gasteiger partial charge in [0.05, 0.1) is 0 Å². The Morgan fingerprint density at radius 2 is 1.32 bits per heavy atom. The van der Waals surface area contributed by atoms with Crippen LogP contribution in [-0.2, 0) is 14.2 Å². The van der Waals surface area contributed by atoms with Gasteiger partial charge >= 0.3 is 161 Å². The zero-order valence-corrected chi connectivity index (χ0v) is 20.3. The summed E-state index contributed by atoms with van der Waals surface area (Å²) >= 11 is -2.22. The summed E-state index contributed by atoms with van der Waals surface area (Å²) in [5, 5.41) is 0. The molecule has 0 unspecified atom stereocenters. The maximum atomic E-state index is 6.46. The zero-order valence-electron chi connectivity index (χ0n) is 17.5. The minimum absolute atomic E-state index is 0.493. The maximum absolute atomic E-state index is 6.46. The van der Waals surface area contributed by atoms with Gasteiger partial charge < -0.3 is 0 Å². The molecule has 5 heteroatoms. The summed E-state index contributed by atoms with van der Waals surface area (Å²) < 4.78 is 23.3. The molecule has 0 atom stereocenters. The molecule has 0 bridgehead atoms. The van der Waals surface area contributed by atoms with Crippen LogP contribution in [-0.4, -0.2) is 54.1 Å². The Labute approximate surface area is 160 Å². The van der Waals surface area contributed by atoms with Crippen LogP contribution in [0.1, 0.15) is 73.1 Å². The molecule has 0 aromatic carbocycles. The van der Waals surface area contributed by atoms with Crippen LogP contribution < -0.4 is 5.73 Å². The monoisotopic (exact) mass is 465 g/mol. The molecule has 0 aromatic heterocycles. The fraction of sp³-hybridized carbons (Fsp3) is 1.00. The van der Waals surface area contributed by atoms with Crippen molar-refractivity contribution in [3.63, 3.8) is 0 Å². The molecule has 0 radical (unpaired) electrons. The number of unbranched alkanes of at least 4 members (excludes halogenated alkanes) is 3. The molecule has 25 heavy (non-hydrogen) atoms. The Bertz CT molecular complexity index is 331. The van der Waals surface area contributed by atoms with Crippen molar-refractivity contribution in [2.24, 2.45) is 5.73 Å². The van der Waals surface area contributed by atoms with E-state index in [1.165, 1.54) is 51.8 Å². The first-order chi connectivity index (χ1) is 11.8. The van der Waals surface area contributed by atoms with Gasteiger partial charge in [0.25, 0.3) is 0 Å². The molecule has 0 amide bonds. The zero-order chi connectivity index (χ0) is 18.8. The summed E-state index contributed by atoms with van der Waals surface area (Å²) in [6, 6.07) is 0. The quantitative estimate of drug-likeness (QED) is 0.395. The third-order valence-electron chi connectivity index (χ3n) is 5.39. The molecule has 0 aromatic rings. The summed E-state index contributed by atoms with van der Waals surface area (Å²) in [6.07, 6.45) is 8.03. The van der Waals surface area contributed by atoms with E-state index in [-0.39, 0.29) is 0 Å². The summed E-state index contributed by atoms with van der Waals surface area (Å²) in [5.74, 6) is -0.519. The molecule has 1 saturated heterocycles. The normalized spacial score (nSPS) is 19.9. The average molecular weight is 464 g/mol. The van der Waals surface area contributed by atoms with Gasteiger partial charge in [0.2, 0.25) is 0 Å². The van der Waals surface area contributed by atoms with E-state index in [1.807, 2.05) is 13.8 Å². The van der Waals surface area contributed by atoms with Gasteiger partial charge in [0, 0.05) is 0 Å². The molecule has 2 N–H and O–H groups in total. The SMILES string of the molecule is CCC[CH2][Sn]([CH2]CCC)([CH2]CCC)[CH2]OCC1(N)COC(C)(C)OC1. The molecule has 0 spiro atoms. The van der Waals surface area contributed by atoms with Gasteiger partial charge in [-0.3, -0.25) is 0 Å². The summed E-state index contributed by atoms with van der Waals surface area (Å²) in [6.45, 7) is 12.4. The second-order valence-electron chi connectivity index (χ2n) is 8.64. The first kappa shape index (κ1) is 23.7. The third-order valence-corrected chi connectivity index (χ3v) is 19.8. The van der Waals surface area contributed by atoms with E-state index in [0.717, 1.165) is 4.62 Å². The first-order valence-electron chi connectivity index (χ1n) is 10.4. The van der Waals surface area contributed by atoms with Crippen LogP contribution in [0.15, 0.2) is 0 Å². The van der Waals surface area contributed by atoms with E-state index < -0.39 is 29.7 Å². The van der Waals surface area contributed by atoms with Crippen molar-refractivity contribution in [3.05, 3.63) is 0 Å². The molecule has 150 valence electrons. The fourth-order valence-electron chi connectivity index (χ4n) is 3.52. The van der Waals surface area contributed by atoms with Crippen molar-refractivity contribution in [2.45, 2.75) is 97.8 Å². The van der Waals surface area contributed by atoms with Crippen molar-refractivity contribution in [3.8, 4) is 0 Å². The Morgan fingerprint density at radius 3 is 1.72 bits per heavy atom. The van der Waals surface area contributed by atoms with Crippen molar-refractivity contribution in [1.82, 2.24) is 0 Å². The van der Waals surface area contributed by atoms with Crippen molar-refractivity contribution < 1.29 is 14.2 Å². The van der Waals surface area contributed by atoms with Crippen LogP contribution in [0.3, 0.4) is 0 Å². The summed E-state index contributed by atoms with van der Waals surface area (Å²) in [4.78, 5) is 0. The second-order valence-corrected chi connectivity index (χ2v) is 22.3. The van der Waals surface area contributed by atoms with Crippen molar-refractivity contribution >= 4 is 18.4 Å². The second kappa shape index (κ2) is 11.5. The van der Waals surface area contributed by atoms with Crippen LogP contribution in [0.4, 0.5) is 0 Å². The van der Waals surface area contributed by atoms with E-state index in [0.29, 0.717) is 19.8 Å². The molecule has 1 aliphatic rings. The predicted molar refractivity (Wildman–Crippen MR) is 109 cm³/mol. The van der Waals surface area contributed by atoms with Crippen molar-refractivity contribution in [1.29, 1.82) is 0 Å². The number of rotatable bonds is 13. The first-order valence-corrected chi connectivity index (χ1v) is 18.5. The van der Waals surface area contributed by atoms with Gasteiger partial charge in [0.1, 0.15) is 0 Å². The minimum atomic E-state index is -2.22. The molecule has 0 saturated carbocycles. The Balaban J connectivity index is 2.59. The van der Waals surface area contributed by atoms with E-state index in [1.54, 1.807) is 0 Å². The van der Waals surface area contributed by atoms with Crippen molar-refractivity contribution in [2.75, 3.05) is 24.4 Å². The average Bonchev–Trinajstić information content (AvgIpc) is 2.59. The Kier molecular flexibility index (Phi) is 10.9. The number of ether oxygens (including phenoxy) is 3. The Hall–Kier alpha value is 0.639. The van der Waals surface area contributed by atoms with Gasteiger partial charge in [0.15, 0.2) is 0 Å². The van der Waals surface area contributed by atoms with E-state index >= 15 is 0 Å². The molecule has 0 aliphatic carbocycles. The summed E-state index contributed by atoms with van der Waals surface area (Å²) in [7, 11) is 0. The predicted octanol–water partition coefficient (Wildman–Crippen LogP) is 4.87. The van der Waals surface area contributed by atoms with Crippen LogP contribution in [0.5, 0.6) is 0 Å². The Morgan fingerprint density at radius 1 is 0.880 bits per heavy atom. The fourth-order valence-corrected chi connectivity index (χ4v) is 17.9. The summed E-state index contributed by atoms with van der Waals surface area (Å²) in [5.41, 5.74) is 5.97. The van der Waals surface area contributed by atoms with Crippen LogP contribution in [0.2, 0.25) is 13.3 Å². The van der Waals surface area contributed by atoms with Gasteiger partial charge in [-0.25, -0.2) is 0 Å². The van der Waals surface area contributed by atoms with Gasteiger partial charge in [-0.2, -0.15) is 0 Å². The van der Waals surface area contributed by atoms with Gasteiger partial charge in [-0.15, -0.1) is 0 Å². The molecular formula is C20H43NO3Sn. The van der Waals surface area contributed by atoms with Crippen LogP contribution >= 0.6 is 0 Å². The molecule has 1 aliphatic heterocycles. The topological polar surface area (TPSA) is 53.7 Å². The molecule has 1 rings (SSSR count). The van der Waals surface area contributed by atoms with Crippen LogP contribution in [0, 0.1) is 0 Å². The molecule has 4 nitrogen and oxygen atoms in total. The molecule has 1 fully saturated rings. The van der Waals surface area contributed by atoms with Crippen LogP contribution in [0.25, 0.3) is 0 Å².